The van der Waals surface area contributed by atoms with Gasteiger partial charge in [-0.05, 0) is 93.0 Å². The third-order valence-corrected chi connectivity index (χ3v) is 8.79. The normalized spacial score (nSPS) is 47.2. The second kappa shape index (κ2) is 5.72. The summed E-state index contributed by atoms with van der Waals surface area (Å²) in [5.74, 6) is 3.37. The lowest BCUT2D eigenvalue weighted by Crippen LogP contribution is -2.50. The van der Waals surface area contributed by atoms with Gasteiger partial charge in [0.05, 0.1) is 11.5 Å². The van der Waals surface area contributed by atoms with Gasteiger partial charge in [0.25, 0.3) is 0 Å². The molecule has 130 valence electrons. The molecular weight excluding hydrogens is 294 g/mol. The number of carbonyl (C=O) groups excluding carboxylic acids is 1. The van der Waals surface area contributed by atoms with Crippen molar-refractivity contribution in [1.29, 1.82) is 5.26 Å². The van der Waals surface area contributed by atoms with Crippen LogP contribution in [0, 0.1) is 45.8 Å². The monoisotopic (exact) mass is 325 g/mol. The van der Waals surface area contributed by atoms with Gasteiger partial charge in [0.1, 0.15) is 0 Å². The highest BCUT2D eigenvalue weighted by Gasteiger charge is 2.63. The zero-order valence-corrected chi connectivity index (χ0v) is 15.3. The van der Waals surface area contributed by atoms with Crippen LogP contribution in [0.25, 0.3) is 0 Å². The minimum atomic E-state index is -0.0734. The summed E-state index contributed by atoms with van der Waals surface area (Å²) in [4.78, 5) is 11.8. The first-order valence-electron chi connectivity index (χ1n) is 10.3. The first kappa shape index (κ1) is 16.4. The average molecular weight is 325 g/mol. The summed E-state index contributed by atoms with van der Waals surface area (Å²) < 4.78 is 0. The van der Waals surface area contributed by atoms with Gasteiger partial charge in [0.2, 0.25) is 0 Å². The highest BCUT2D eigenvalue weighted by molar-refractivity contribution is 5.91. The fourth-order valence-electron chi connectivity index (χ4n) is 7.68. The van der Waals surface area contributed by atoms with Gasteiger partial charge in [0, 0.05) is 6.42 Å². The van der Waals surface area contributed by atoms with Crippen molar-refractivity contribution < 1.29 is 4.79 Å². The molecule has 0 aliphatic heterocycles. The molecule has 4 aliphatic rings. The molecule has 6 unspecified atom stereocenters. The van der Waals surface area contributed by atoms with Crippen LogP contribution in [0.2, 0.25) is 0 Å². The average Bonchev–Trinajstić information content (AvgIpc) is 2.96. The minimum absolute atomic E-state index is 0.0734. The van der Waals surface area contributed by atoms with E-state index in [0.717, 1.165) is 49.9 Å². The summed E-state index contributed by atoms with van der Waals surface area (Å²) >= 11 is 0. The first-order valence-corrected chi connectivity index (χ1v) is 10.3. The second-order valence-corrected chi connectivity index (χ2v) is 8.94. The number of nitriles is 1. The number of rotatable bonds is 2. The second-order valence-electron chi connectivity index (χ2n) is 8.94. The molecule has 0 N–H and O–H groups in total. The highest BCUT2D eigenvalue weighted by atomic mass is 16.1. The van der Waals surface area contributed by atoms with E-state index in [0.29, 0.717) is 11.7 Å². The number of hydrogen-bond donors (Lipinski definition) is 0. The predicted molar refractivity (Wildman–Crippen MR) is 95.0 cm³/mol. The molecule has 0 bridgehead atoms. The van der Waals surface area contributed by atoms with Crippen molar-refractivity contribution in [2.24, 2.45) is 34.5 Å². The van der Waals surface area contributed by atoms with E-state index in [2.05, 4.69) is 19.9 Å². The molecule has 3 fully saturated rings. The van der Waals surface area contributed by atoms with Crippen LogP contribution in [0.5, 0.6) is 0 Å². The Kier molecular flexibility index (Phi) is 3.90. The molecule has 2 heteroatoms. The van der Waals surface area contributed by atoms with Gasteiger partial charge in [0.15, 0.2) is 5.78 Å². The molecule has 4 aliphatic carbocycles. The third-order valence-electron chi connectivity index (χ3n) is 8.79. The number of nitrogens with zero attached hydrogens (tertiary/aromatic N) is 1. The van der Waals surface area contributed by atoms with Crippen LogP contribution in [-0.2, 0) is 4.79 Å². The Morgan fingerprint density at radius 3 is 2.62 bits per heavy atom. The summed E-state index contributed by atoms with van der Waals surface area (Å²) in [5, 5.41) is 10.1. The summed E-state index contributed by atoms with van der Waals surface area (Å²) in [7, 11) is 0. The highest BCUT2D eigenvalue weighted by Crippen LogP contribution is 2.69. The lowest BCUT2D eigenvalue weighted by atomic mass is 9.47. The summed E-state index contributed by atoms with van der Waals surface area (Å²) in [6.07, 6.45) is 13.4. The Labute approximate surface area is 146 Å². The largest absolute Gasteiger partial charge is 0.295 e. The van der Waals surface area contributed by atoms with Crippen LogP contribution in [0.4, 0.5) is 0 Å². The van der Waals surface area contributed by atoms with Crippen molar-refractivity contribution >= 4 is 5.78 Å². The van der Waals surface area contributed by atoms with Gasteiger partial charge >= 0.3 is 0 Å². The Bertz CT molecular complexity index is 614. The molecule has 3 saturated carbocycles. The Hall–Kier alpha value is -1.10. The number of hydrogen-bond acceptors (Lipinski definition) is 2. The smallest absolute Gasteiger partial charge is 0.155 e. The molecule has 0 aromatic rings. The van der Waals surface area contributed by atoms with Crippen molar-refractivity contribution in [1.82, 2.24) is 0 Å². The van der Waals surface area contributed by atoms with E-state index in [1.165, 1.54) is 37.7 Å². The van der Waals surface area contributed by atoms with Crippen LogP contribution in [0.3, 0.4) is 0 Å². The van der Waals surface area contributed by atoms with Crippen molar-refractivity contribution in [3.8, 4) is 6.07 Å². The number of carbonyl (C=O) groups is 1. The number of fused-ring (bicyclic) bond motifs is 5. The number of allylic oxidation sites excluding steroid dienone is 1. The fraction of sp³-hybridized carbons (Fsp3) is 0.818. The zero-order chi connectivity index (χ0) is 16.9. The number of ketones is 1. The molecule has 0 radical (unpaired) electrons. The topological polar surface area (TPSA) is 40.9 Å². The molecule has 4 rings (SSSR count). The molecule has 0 spiro atoms. The van der Waals surface area contributed by atoms with Crippen LogP contribution in [-0.4, -0.2) is 5.78 Å². The summed E-state index contributed by atoms with van der Waals surface area (Å²) in [6, 6.07) is 2.82. The Morgan fingerprint density at radius 2 is 1.92 bits per heavy atom. The SMILES string of the molecule is CCC1(C#N)CCC2C3CCC4=CC(=O)CCC4C3CCC21CC. The standard InChI is InChI=1S/C22H31NO/c1-3-21(14-23)11-10-20-19-7-5-15-13-16(24)6-8-17(15)18(19)9-12-22(20,21)4-2/h13,17-20H,3-12H2,1-2H3. The van der Waals surface area contributed by atoms with E-state index in [1.807, 2.05) is 6.08 Å². The van der Waals surface area contributed by atoms with Gasteiger partial charge in [-0.3, -0.25) is 4.79 Å². The van der Waals surface area contributed by atoms with E-state index in [9.17, 15) is 10.1 Å². The van der Waals surface area contributed by atoms with E-state index < -0.39 is 0 Å². The minimum Gasteiger partial charge on any atom is -0.295 e. The lowest BCUT2D eigenvalue weighted by molar-refractivity contribution is -0.116. The maximum Gasteiger partial charge on any atom is 0.155 e. The van der Waals surface area contributed by atoms with Crippen molar-refractivity contribution in [2.75, 3.05) is 0 Å². The van der Waals surface area contributed by atoms with Crippen LogP contribution >= 0.6 is 0 Å². The zero-order valence-electron chi connectivity index (χ0n) is 15.3. The summed E-state index contributed by atoms with van der Waals surface area (Å²) in [5.41, 5.74) is 1.66. The van der Waals surface area contributed by atoms with Crippen molar-refractivity contribution in [2.45, 2.75) is 78.1 Å². The molecular formula is C22H31NO. The van der Waals surface area contributed by atoms with E-state index in [4.69, 9.17) is 0 Å². The van der Waals surface area contributed by atoms with Crippen LogP contribution < -0.4 is 0 Å². The van der Waals surface area contributed by atoms with Gasteiger partial charge in [-0.1, -0.05) is 19.4 Å². The lowest BCUT2D eigenvalue weighted by Gasteiger charge is -2.56. The van der Waals surface area contributed by atoms with Gasteiger partial charge < -0.3 is 0 Å². The van der Waals surface area contributed by atoms with Crippen LogP contribution in [0.15, 0.2) is 11.6 Å². The molecule has 6 atom stereocenters. The fourth-order valence-corrected chi connectivity index (χ4v) is 7.68. The van der Waals surface area contributed by atoms with Crippen molar-refractivity contribution in [3.63, 3.8) is 0 Å². The molecule has 2 nitrogen and oxygen atoms in total. The van der Waals surface area contributed by atoms with Gasteiger partial charge in [-0.25, -0.2) is 0 Å². The summed E-state index contributed by atoms with van der Waals surface area (Å²) in [6.45, 7) is 4.58. The molecule has 0 amide bonds. The van der Waals surface area contributed by atoms with E-state index in [-0.39, 0.29) is 10.8 Å². The molecule has 0 aromatic heterocycles. The quantitative estimate of drug-likeness (QED) is 0.678. The molecule has 0 heterocycles. The maximum atomic E-state index is 11.8. The van der Waals surface area contributed by atoms with Gasteiger partial charge in [-0.15, -0.1) is 0 Å². The molecule has 0 saturated heterocycles. The van der Waals surface area contributed by atoms with E-state index in [1.54, 1.807) is 0 Å². The Balaban J connectivity index is 1.68. The molecule has 0 aromatic carbocycles. The molecule has 24 heavy (non-hydrogen) atoms. The Morgan fingerprint density at radius 1 is 1.08 bits per heavy atom. The predicted octanol–water partition coefficient (Wildman–Crippen LogP) is 5.44. The van der Waals surface area contributed by atoms with Crippen LogP contribution in [0.1, 0.15) is 78.1 Å². The third kappa shape index (κ3) is 1.97. The first-order chi connectivity index (χ1) is 11.6. The maximum absolute atomic E-state index is 11.8. The van der Waals surface area contributed by atoms with Gasteiger partial charge in [-0.2, -0.15) is 5.26 Å². The van der Waals surface area contributed by atoms with E-state index >= 15 is 0 Å². The van der Waals surface area contributed by atoms with Crippen molar-refractivity contribution in [3.05, 3.63) is 11.6 Å².